The molecule has 2 aromatic rings. The van der Waals surface area contributed by atoms with Crippen molar-refractivity contribution in [3.05, 3.63) is 52.3 Å². The Morgan fingerprint density at radius 2 is 2.19 bits per heavy atom. The van der Waals surface area contributed by atoms with Crippen LogP contribution in [-0.4, -0.2) is 15.9 Å². The van der Waals surface area contributed by atoms with Crippen molar-refractivity contribution >= 4 is 29.2 Å². The predicted octanol–water partition coefficient (Wildman–Crippen LogP) is 2.46. The first-order valence-electron chi connectivity index (χ1n) is 4.34. The molecular weight excluding hydrogens is 251 g/mol. The van der Waals surface area contributed by atoms with E-state index in [-0.39, 0.29) is 10.6 Å². The maximum absolute atomic E-state index is 11.6. The molecule has 0 saturated heterocycles. The fourth-order valence-corrected chi connectivity index (χ4v) is 1.58. The number of benzene rings is 1. The number of carbonyl (C=O) groups is 1. The van der Waals surface area contributed by atoms with Crippen molar-refractivity contribution in [1.82, 2.24) is 9.94 Å². The van der Waals surface area contributed by atoms with Gasteiger partial charge in [0, 0.05) is 5.02 Å². The number of hydrogen-bond acceptors (Lipinski definition) is 3. The van der Waals surface area contributed by atoms with Crippen LogP contribution in [0, 0.1) is 0 Å². The van der Waals surface area contributed by atoms with E-state index in [4.69, 9.17) is 28.0 Å². The Morgan fingerprint density at radius 3 is 2.81 bits per heavy atom. The number of halogens is 2. The summed E-state index contributed by atoms with van der Waals surface area (Å²) in [6.45, 7) is 0. The highest BCUT2D eigenvalue weighted by Crippen LogP contribution is 2.20. The lowest BCUT2D eigenvalue weighted by Gasteiger charge is -2.04. The summed E-state index contributed by atoms with van der Waals surface area (Å²) >= 11 is 11.6. The van der Waals surface area contributed by atoms with E-state index in [9.17, 15) is 4.79 Å². The van der Waals surface area contributed by atoms with Gasteiger partial charge in [0.25, 0.3) is 0 Å². The molecule has 0 spiro atoms. The summed E-state index contributed by atoms with van der Waals surface area (Å²) in [5.74, 6) is -0.592. The van der Waals surface area contributed by atoms with E-state index >= 15 is 0 Å². The largest absolute Gasteiger partial charge is 0.367 e. The molecule has 16 heavy (non-hydrogen) atoms. The molecule has 0 saturated carbocycles. The smallest absolute Gasteiger partial charge is 0.314 e. The molecule has 4 nitrogen and oxygen atoms in total. The van der Waals surface area contributed by atoms with E-state index in [1.807, 2.05) is 0 Å². The molecule has 2 rings (SSSR count). The normalized spacial score (nSPS) is 10.1. The molecule has 0 radical (unpaired) electrons. The van der Waals surface area contributed by atoms with E-state index < -0.39 is 5.97 Å². The van der Waals surface area contributed by atoms with Gasteiger partial charge >= 0.3 is 5.97 Å². The van der Waals surface area contributed by atoms with Crippen LogP contribution in [0.3, 0.4) is 0 Å². The summed E-state index contributed by atoms with van der Waals surface area (Å²) in [5.41, 5.74) is 0.238. The van der Waals surface area contributed by atoms with E-state index in [1.54, 1.807) is 12.1 Å². The second-order valence-corrected chi connectivity index (χ2v) is 3.76. The number of hydrogen-bond donors (Lipinski definition) is 0. The van der Waals surface area contributed by atoms with E-state index in [0.717, 1.165) is 4.85 Å². The lowest BCUT2D eigenvalue weighted by Crippen LogP contribution is -2.20. The van der Waals surface area contributed by atoms with Crippen LogP contribution in [0.5, 0.6) is 0 Å². The fourth-order valence-electron chi connectivity index (χ4n) is 1.10. The van der Waals surface area contributed by atoms with Crippen LogP contribution < -0.4 is 4.84 Å². The van der Waals surface area contributed by atoms with Gasteiger partial charge in [0.05, 0.1) is 23.0 Å². The van der Waals surface area contributed by atoms with Gasteiger partial charge < -0.3 is 4.84 Å². The van der Waals surface area contributed by atoms with Gasteiger partial charge in [0.1, 0.15) is 0 Å². The summed E-state index contributed by atoms with van der Waals surface area (Å²) < 4.78 is 0. The molecule has 0 atom stereocenters. The summed E-state index contributed by atoms with van der Waals surface area (Å²) in [7, 11) is 0. The van der Waals surface area contributed by atoms with Gasteiger partial charge in [-0.15, -0.1) is 5.10 Å². The van der Waals surface area contributed by atoms with E-state index in [0.29, 0.717) is 5.02 Å². The van der Waals surface area contributed by atoms with Gasteiger partial charge in [-0.05, 0) is 24.3 Å². The topological polar surface area (TPSA) is 44.1 Å². The monoisotopic (exact) mass is 256 g/mol. The van der Waals surface area contributed by atoms with Crippen LogP contribution in [0.15, 0.2) is 36.7 Å². The third-order valence-corrected chi connectivity index (χ3v) is 2.36. The first kappa shape index (κ1) is 11.0. The van der Waals surface area contributed by atoms with Crippen LogP contribution in [-0.2, 0) is 0 Å². The minimum atomic E-state index is -0.592. The van der Waals surface area contributed by atoms with Crippen molar-refractivity contribution in [2.24, 2.45) is 0 Å². The van der Waals surface area contributed by atoms with Gasteiger partial charge in [-0.2, -0.15) is 0 Å². The molecule has 0 N–H and O–H groups in total. The average molecular weight is 257 g/mol. The molecule has 0 bridgehead atoms. The molecule has 82 valence electrons. The Labute approximate surface area is 101 Å². The molecule has 0 aliphatic heterocycles. The summed E-state index contributed by atoms with van der Waals surface area (Å²) in [6.07, 6.45) is 3.00. The molecule has 0 amide bonds. The minimum absolute atomic E-state index is 0.238. The van der Waals surface area contributed by atoms with Crippen molar-refractivity contribution in [2.75, 3.05) is 0 Å². The Morgan fingerprint density at radius 1 is 1.38 bits per heavy atom. The van der Waals surface area contributed by atoms with Gasteiger partial charge in [0.15, 0.2) is 0 Å². The maximum Gasteiger partial charge on any atom is 0.367 e. The highest BCUT2D eigenvalue weighted by molar-refractivity contribution is 6.36. The van der Waals surface area contributed by atoms with Crippen LogP contribution in [0.4, 0.5) is 0 Å². The molecule has 0 unspecified atom stereocenters. The predicted molar refractivity (Wildman–Crippen MR) is 59.6 cm³/mol. The lowest BCUT2D eigenvalue weighted by atomic mass is 10.2. The molecule has 6 heteroatoms. The summed E-state index contributed by atoms with van der Waals surface area (Å²) in [4.78, 5) is 17.6. The lowest BCUT2D eigenvalue weighted by molar-refractivity contribution is 0.0395. The summed E-state index contributed by atoms with van der Waals surface area (Å²) in [6, 6.07) is 6.17. The molecule has 1 heterocycles. The van der Waals surface area contributed by atoms with Crippen molar-refractivity contribution in [3.8, 4) is 0 Å². The molecular formula is C10H6Cl2N2O2. The number of aromatic nitrogens is 2. The van der Waals surface area contributed by atoms with Gasteiger partial charge in [0.2, 0.25) is 0 Å². The zero-order valence-corrected chi connectivity index (χ0v) is 9.44. The highest BCUT2D eigenvalue weighted by Gasteiger charge is 2.13. The number of rotatable bonds is 2. The van der Waals surface area contributed by atoms with Crippen LogP contribution in [0.1, 0.15) is 10.4 Å². The molecule has 0 aliphatic carbocycles. The van der Waals surface area contributed by atoms with Crippen molar-refractivity contribution in [1.29, 1.82) is 0 Å². The second-order valence-electron chi connectivity index (χ2n) is 2.91. The number of nitrogens with zero attached hydrogens (tertiary/aromatic N) is 2. The zero-order chi connectivity index (χ0) is 11.5. The second kappa shape index (κ2) is 4.55. The maximum atomic E-state index is 11.6. The SMILES string of the molecule is O=C(On1cccn1)c1ccc(Cl)cc1Cl. The highest BCUT2D eigenvalue weighted by atomic mass is 35.5. The van der Waals surface area contributed by atoms with Crippen LogP contribution in [0.2, 0.25) is 10.0 Å². The Hall–Kier alpha value is -1.52. The third-order valence-electron chi connectivity index (χ3n) is 1.81. The van der Waals surface area contributed by atoms with E-state index in [1.165, 1.54) is 24.5 Å². The molecule has 0 fully saturated rings. The summed E-state index contributed by atoms with van der Waals surface area (Å²) in [5, 5.41) is 4.43. The quantitative estimate of drug-likeness (QED) is 0.829. The van der Waals surface area contributed by atoms with Crippen molar-refractivity contribution in [2.45, 2.75) is 0 Å². The molecule has 1 aromatic heterocycles. The Balaban J connectivity index is 2.21. The average Bonchev–Trinajstić information content (AvgIpc) is 2.70. The Kier molecular flexibility index (Phi) is 3.12. The molecule has 0 aliphatic rings. The Bertz CT molecular complexity index is 512. The van der Waals surface area contributed by atoms with E-state index in [2.05, 4.69) is 5.10 Å². The van der Waals surface area contributed by atoms with Crippen LogP contribution in [0.25, 0.3) is 0 Å². The molecule has 1 aromatic carbocycles. The minimum Gasteiger partial charge on any atom is -0.314 e. The van der Waals surface area contributed by atoms with Crippen molar-refractivity contribution in [3.63, 3.8) is 0 Å². The van der Waals surface area contributed by atoms with Gasteiger partial charge in [-0.1, -0.05) is 28.0 Å². The van der Waals surface area contributed by atoms with Gasteiger partial charge in [-0.25, -0.2) is 4.79 Å². The fraction of sp³-hybridized carbons (Fsp3) is 0. The first-order chi connectivity index (χ1) is 7.66. The van der Waals surface area contributed by atoms with Gasteiger partial charge in [-0.3, -0.25) is 0 Å². The number of carbonyl (C=O) groups excluding carboxylic acids is 1. The first-order valence-corrected chi connectivity index (χ1v) is 5.10. The standard InChI is InChI=1S/C10H6Cl2N2O2/c11-7-2-3-8(9(12)6-7)10(15)16-14-5-1-4-13-14/h1-6H. The zero-order valence-electron chi connectivity index (χ0n) is 7.93. The van der Waals surface area contributed by atoms with Crippen molar-refractivity contribution < 1.29 is 9.63 Å². The third kappa shape index (κ3) is 2.35. The van der Waals surface area contributed by atoms with Crippen LogP contribution >= 0.6 is 23.2 Å².